The molecule has 2 aromatic carbocycles. The van der Waals surface area contributed by atoms with E-state index >= 15 is 0 Å². The van der Waals surface area contributed by atoms with Gasteiger partial charge in [-0.3, -0.25) is 0 Å². The van der Waals surface area contributed by atoms with Crippen LogP contribution in [0.1, 0.15) is 25.0 Å². The van der Waals surface area contributed by atoms with Crippen LogP contribution in [-0.4, -0.2) is 0 Å². The lowest BCUT2D eigenvalue weighted by molar-refractivity contribution is 0.401. The van der Waals surface area contributed by atoms with E-state index in [1.54, 1.807) is 0 Å². The Hall–Kier alpha value is -0.350. The summed E-state index contributed by atoms with van der Waals surface area (Å²) in [6.07, 6.45) is 0. The van der Waals surface area contributed by atoms with Crippen LogP contribution in [0.3, 0.4) is 0 Å². The summed E-state index contributed by atoms with van der Waals surface area (Å²) in [7, 11) is 0. The highest BCUT2D eigenvalue weighted by molar-refractivity contribution is 9.10. The Labute approximate surface area is 142 Å². The van der Waals surface area contributed by atoms with E-state index in [0.29, 0.717) is 0 Å². The molecule has 1 N–H and O–H groups in total. The molecule has 0 spiro atoms. The van der Waals surface area contributed by atoms with E-state index in [0.717, 1.165) is 20.5 Å². The van der Waals surface area contributed by atoms with Gasteiger partial charge in [0.25, 0.3) is 0 Å². The number of benzene rings is 2. The van der Waals surface area contributed by atoms with Crippen molar-refractivity contribution in [3.05, 3.63) is 67.6 Å². The van der Waals surface area contributed by atoms with Crippen molar-refractivity contribution in [2.75, 3.05) is 0 Å². The average Bonchev–Trinajstić information content (AvgIpc) is 2.41. The molecule has 0 aliphatic carbocycles. The van der Waals surface area contributed by atoms with Gasteiger partial charge in [-0.2, -0.15) is 0 Å². The van der Waals surface area contributed by atoms with Crippen molar-refractivity contribution in [3.63, 3.8) is 0 Å². The van der Waals surface area contributed by atoms with Gasteiger partial charge in [-0.15, -0.1) is 0 Å². The number of halogens is 3. The van der Waals surface area contributed by atoms with E-state index in [1.807, 2.05) is 12.1 Å². The van der Waals surface area contributed by atoms with E-state index in [1.165, 1.54) is 11.1 Å². The molecule has 20 heavy (non-hydrogen) atoms. The fourth-order valence-electron chi connectivity index (χ4n) is 1.94. The second-order valence-electron chi connectivity index (χ2n) is 5.23. The van der Waals surface area contributed by atoms with Crippen LogP contribution in [-0.2, 0) is 12.1 Å². The first-order chi connectivity index (χ1) is 9.38. The van der Waals surface area contributed by atoms with Gasteiger partial charge in [0.2, 0.25) is 0 Å². The van der Waals surface area contributed by atoms with Gasteiger partial charge in [0, 0.05) is 21.0 Å². The van der Waals surface area contributed by atoms with Crippen LogP contribution in [0.2, 0.25) is 5.02 Å². The van der Waals surface area contributed by atoms with Crippen LogP contribution in [0.4, 0.5) is 0 Å². The van der Waals surface area contributed by atoms with E-state index in [-0.39, 0.29) is 5.54 Å². The van der Waals surface area contributed by atoms with Crippen LogP contribution in [0.15, 0.2) is 51.4 Å². The number of rotatable bonds is 4. The summed E-state index contributed by atoms with van der Waals surface area (Å²) in [4.78, 5) is 0. The molecule has 0 saturated heterocycles. The number of hydrogen-bond donors (Lipinski definition) is 1. The Morgan fingerprint density at radius 1 is 1.05 bits per heavy atom. The van der Waals surface area contributed by atoms with Crippen LogP contribution in [0.5, 0.6) is 0 Å². The molecule has 0 aliphatic rings. The molecule has 0 aromatic heterocycles. The fraction of sp³-hybridized carbons (Fsp3) is 0.250. The lowest BCUT2D eigenvalue weighted by Crippen LogP contribution is -2.35. The van der Waals surface area contributed by atoms with Gasteiger partial charge >= 0.3 is 0 Å². The molecule has 2 rings (SSSR count). The van der Waals surface area contributed by atoms with Gasteiger partial charge in [0.15, 0.2) is 0 Å². The Kier molecular flexibility index (Phi) is 5.30. The standard InChI is InChI=1S/C16H16Br2ClN/c1-16(2,12-4-6-13(17)7-5-12)20-10-11-3-8-14(18)15(19)9-11/h3-9,20H,10H2,1-2H3. The molecule has 0 heterocycles. The molecule has 0 atom stereocenters. The molecule has 106 valence electrons. The van der Waals surface area contributed by atoms with Crippen molar-refractivity contribution in [2.24, 2.45) is 0 Å². The normalized spacial score (nSPS) is 11.7. The molecule has 4 heteroatoms. The second kappa shape index (κ2) is 6.61. The van der Waals surface area contributed by atoms with Crippen LogP contribution in [0.25, 0.3) is 0 Å². The smallest absolute Gasteiger partial charge is 0.0551 e. The van der Waals surface area contributed by atoms with Crippen molar-refractivity contribution in [1.29, 1.82) is 0 Å². The SMILES string of the molecule is CC(C)(NCc1ccc(Br)c(Cl)c1)c1ccc(Br)cc1. The molecule has 2 aromatic rings. The van der Waals surface area contributed by atoms with Gasteiger partial charge in [-0.25, -0.2) is 0 Å². The first-order valence-corrected chi connectivity index (χ1v) is 8.30. The highest BCUT2D eigenvalue weighted by atomic mass is 79.9. The maximum absolute atomic E-state index is 6.12. The first-order valence-electron chi connectivity index (χ1n) is 6.33. The number of nitrogens with one attached hydrogen (secondary N) is 1. The predicted molar refractivity (Wildman–Crippen MR) is 93.2 cm³/mol. The highest BCUT2D eigenvalue weighted by Gasteiger charge is 2.19. The van der Waals surface area contributed by atoms with Crippen molar-refractivity contribution in [3.8, 4) is 0 Å². The maximum Gasteiger partial charge on any atom is 0.0551 e. The topological polar surface area (TPSA) is 12.0 Å². The van der Waals surface area contributed by atoms with Gasteiger partial charge in [0.05, 0.1) is 5.02 Å². The van der Waals surface area contributed by atoms with Crippen LogP contribution >= 0.6 is 43.5 Å². The van der Waals surface area contributed by atoms with Gasteiger partial charge < -0.3 is 5.32 Å². The molecule has 0 aliphatic heterocycles. The third kappa shape index (κ3) is 4.08. The summed E-state index contributed by atoms with van der Waals surface area (Å²) < 4.78 is 2.02. The molecule has 0 radical (unpaired) electrons. The van der Waals surface area contributed by atoms with Crippen molar-refractivity contribution in [1.82, 2.24) is 5.32 Å². The minimum atomic E-state index is -0.0970. The van der Waals surface area contributed by atoms with Crippen LogP contribution in [0, 0.1) is 0 Å². The van der Waals surface area contributed by atoms with Gasteiger partial charge in [0.1, 0.15) is 0 Å². The molecule has 0 fully saturated rings. The summed E-state index contributed by atoms with van der Waals surface area (Å²) in [6.45, 7) is 5.13. The van der Waals surface area contributed by atoms with Crippen molar-refractivity contribution >= 4 is 43.5 Å². The van der Waals surface area contributed by atoms with Gasteiger partial charge in [-0.05, 0) is 65.2 Å². The minimum absolute atomic E-state index is 0.0970. The predicted octanol–water partition coefficient (Wildman–Crippen LogP) is 5.89. The second-order valence-corrected chi connectivity index (χ2v) is 7.41. The number of hydrogen-bond acceptors (Lipinski definition) is 1. The summed E-state index contributed by atoms with van der Waals surface area (Å²) in [5, 5.41) is 4.31. The van der Waals surface area contributed by atoms with Crippen molar-refractivity contribution in [2.45, 2.75) is 25.9 Å². The molecule has 0 saturated carbocycles. The highest BCUT2D eigenvalue weighted by Crippen LogP contribution is 2.25. The Balaban J connectivity index is 2.08. The van der Waals surface area contributed by atoms with E-state index in [4.69, 9.17) is 11.6 Å². The Morgan fingerprint density at radius 3 is 2.30 bits per heavy atom. The lowest BCUT2D eigenvalue weighted by atomic mass is 9.94. The Bertz CT molecular complexity index is 594. The van der Waals surface area contributed by atoms with E-state index in [2.05, 4.69) is 81.4 Å². The minimum Gasteiger partial charge on any atom is -0.304 e. The maximum atomic E-state index is 6.12. The van der Waals surface area contributed by atoms with Gasteiger partial charge in [-0.1, -0.05) is 45.7 Å². The summed E-state index contributed by atoms with van der Waals surface area (Å²) in [5.74, 6) is 0. The zero-order valence-electron chi connectivity index (χ0n) is 11.4. The zero-order chi connectivity index (χ0) is 14.8. The lowest BCUT2D eigenvalue weighted by Gasteiger charge is -2.27. The largest absolute Gasteiger partial charge is 0.304 e. The molecular weight excluding hydrogens is 401 g/mol. The van der Waals surface area contributed by atoms with Crippen LogP contribution < -0.4 is 5.32 Å². The quantitative estimate of drug-likeness (QED) is 0.654. The van der Waals surface area contributed by atoms with Crippen molar-refractivity contribution < 1.29 is 0 Å². The Morgan fingerprint density at radius 2 is 1.70 bits per heavy atom. The third-order valence-electron chi connectivity index (χ3n) is 3.28. The summed E-state index contributed by atoms with van der Waals surface area (Å²) in [6, 6.07) is 14.4. The first kappa shape index (κ1) is 16.0. The molecule has 0 bridgehead atoms. The molecule has 0 unspecified atom stereocenters. The van der Waals surface area contributed by atoms with E-state index in [9.17, 15) is 0 Å². The molecular formula is C16H16Br2ClN. The molecule has 1 nitrogen and oxygen atoms in total. The molecule has 0 amide bonds. The third-order valence-corrected chi connectivity index (χ3v) is 5.05. The zero-order valence-corrected chi connectivity index (χ0v) is 15.3. The monoisotopic (exact) mass is 415 g/mol. The average molecular weight is 418 g/mol. The summed E-state index contributed by atoms with van der Waals surface area (Å²) in [5.41, 5.74) is 2.33. The van der Waals surface area contributed by atoms with E-state index < -0.39 is 0 Å². The summed E-state index contributed by atoms with van der Waals surface area (Å²) >= 11 is 13.0. The fourth-order valence-corrected chi connectivity index (χ4v) is 2.66.